The molecule has 3 nitrogen and oxygen atoms in total. The second kappa shape index (κ2) is 3.95. The van der Waals surface area contributed by atoms with Gasteiger partial charge in [0.2, 0.25) is 0 Å². The van der Waals surface area contributed by atoms with E-state index in [0.29, 0.717) is 37.2 Å². The molecule has 0 radical (unpaired) electrons. The van der Waals surface area contributed by atoms with Crippen molar-refractivity contribution >= 4 is 0 Å². The molecule has 0 spiro atoms. The maximum Gasteiger partial charge on any atom is 0.156 e. The van der Waals surface area contributed by atoms with E-state index in [1.165, 1.54) is 0 Å². The molecule has 0 bridgehead atoms. The van der Waals surface area contributed by atoms with Gasteiger partial charge in [-0.1, -0.05) is 0 Å². The average Bonchev–Trinajstić information content (AvgIpc) is 2.30. The molecule has 1 aromatic rings. The Labute approximate surface area is 87.9 Å². The van der Waals surface area contributed by atoms with E-state index in [-0.39, 0.29) is 0 Å². The quantitative estimate of drug-likeness (QED) is 0.755. The SMILES string of the molecule is N#Cc1cccnc1C1(F)CCNCC1. The van der Waals surface area contributed by atoms with Gasteiger partial charge in [-0.05, 0) is 38.1 Å². The Bertz CT molecular complexity index is 391. The van der Waals surface area contributed by atoms with Crippen molar-refractivity contribution in [2.24, 2.45) is 0 Å². The molecule has 0 aliphatic carbocycles. The second-order valence-corrected chi connectivity index (χ2v) is 3.73. The molecule has 1 fully saturated rings. The first-order valence-corrected chi connectivity index (χ1v) is 5.01. The van der Waals surface area contributed by atoms with Crippen LogP contribution in [0, 0.1) is 11.3 Å². The zero-order valence-corrected chi connectivity index (χ0v) is 8.33. The first kappa shape index (κ1) is 10.1. The number of pyridine rings is 1. The molecule has 1 aliphatic heterocycles. The summed E-state index contributed by atoms with van der Waals surface area (Å²) >= 11 is 0. The Morgan fingerprint density at radius 2 is 2.20 bits per heavy atom. The molecule has 78 valence electrons. The number of hydrogen-bond donors (Lipinski definition) is 1. The minimum atomic E-state index is -1.43. The molecule has 2 heterocycles. The van der Waals surface area contributed by atoms with Crippen LogP contribution in [0.2, 0.25) is 0 Å². The van der Waals surface area contributed by atoms with Crippen molar-refractivity contribution in [1.82, 2.24) is 10.3 Å². The smallest absolute Gasteiger partial charge is 0.156 e. The fourth-order valence-electron chi connectivity index (χ4n) is 1.91. The van der Waals surface area contributed by atoms with Crippen LogP contribution in [0.4, 0.5) is 4.39 Å². The van der Waals surface area contributed by atoms with Gasteiger partial charge in [0.1, 0.15) is 6.07 Å². The van der Waals surface area contributed by atoms with E-state index in [4.69, 9.17) is 5.26 Å². The summed E-state index contributed by atoms with van der Waals surface area (Å²) in [5.41, 5.74) is -0.784. The topological polar surface area (TPSA) is 48.7 Å². The fraction of sp³-hybridized carbons (Fsp3) is 0.455. The van der Waals surface area contributed by atoms with E-state index >= 15 is 0 Å². The van der Waals surface area contributed by atoms with Crippen molar-refractivity contribution in [3.63, 3.8) is 0 Å². The molecule has 1 N–H and O–H groups in total. The third kappa shape index (κ3) is 1.83. The normalized spacial score (nSPS) is 19.5. The van der Waals surface area contributed by atoms with Gasteiger partial charge in [-0.2, -0.15) is 5.26 Å². The van der Waals surface area contributed by atoms with Gasteiger partial charge in [-0.15, -0.1) is 0 Å². The van der Waals surface area contributed by atoms with Gasteiger partial charge in [0.25, 0.3) is 0 Å². The highest BCUT2D eigenvalue weighted by molar-refractivity contribution is 5.36. The molecule has 0 atom stereocenters. The van der Waals surface area contributed by atoms with Gasteiger partial charge in [0, 0.05) is 6.20 Å². The van der Waals surface area contributed by atoms with Gasteiger partial charge in [0.05, 0.1) is 11.3 Å². The lowest BCUT2D eigenvalue weighted by Gasteiger charge is -2.29. The summed E-state index contributed by atoms with van der Waals surface area (Å²) in [6.07, 6.45) is 2.32. The standard InChI is InChI=1S/C11H12FN3/c12-11(3-6-14-7-4-11)10-9(8-13)2-1-5-15-10/h1-2,5,14H,3-4,6-7H2. The van der Waals surface area contributed by atoms with Crippen LogP contribution in [-0.2, 0) is 5.67 Å². The van der Waals surface area contributed by atoms with Gasteiger partial charge in [0.15, 0.2) is 5.67 Å². The van der Waals surface area contributed by atoms with Crippen LogP contribution in [0.5, 0.6) is 0 Å². The van der Waals surface area contributed by atoms with Crippen molar-refractivity contribution in [3.05, 3.63) is 29.6 Å². The average molecular weight is 205 g/mol. The van der Waals surface area contributed by atoms with Crippen LogP contribution in [0.1, 0.15) is 24.1 Å². The van der Waals surface area contributed by atoms with Crippen LogP contribution >= 0.6 is 0 Å². The minimum Gasteiger partial charge on any atom is -0.316 e. The van der Waals surface area contributed by atoms with Crippen LogP contribution in [0.3, 0.4) is 0 Å². The fourth-order valence-corrected chi connectivity index (χ4v) is 1.91. The van der Waals surface area contributed by atoms with Gasteiger partial charge in [-0.3, -0.25) is 4.98 Å². The van der Waals surface area contributed by atoms with E-state index in [9.17, 15) is 4.39 Å². The molecule has 2 rings (SSSR count). The molecule has 4 heteroatoms. The molecule has 0 saturated carbocycles. The van der Waals surface area contributed by atoms with Crippen molar-refractivity contribution in [3.8, 4) is 6.07 Å². The van der Waals surface area contributed by atoms with Gasteiger partial charge >= 0.3 is 0 Å². The van der Waals surface area contributed by atoms with E-state index in [1.54, 1.807) is 18.3 Å². The highest BCUT2D eigenvalue weighted by atomic mass is 19.1. The monoisotopic (exact) mass is 205 g/mol. The number of alkyl halides is 1. The maximum atomic E-state index is 14.5. The Balaban J connectivity index is 2.39. The lowest BCUT2D eigenvalue weighted by Crippen LogP contribution is -2.37. The zero-order chi connectivity index (χ0) is 10.7. The molecular formula is C11H12FN3. The summed E-state index contributed by atoms with van der Waals surface area (Å²) < 4.78 is 14.5. The molecule has 15 heavy (non-hydrogen) atoms. The Morgan fingerprint density at radius 1 is 1.47 bits per heavy atom. The molecule has 1 aliphatic rings. The number of nitrogens with zero attached hydrogens (tertiary/aromatic N) is 2. The predicted molar refractivity (Wildman–Crippen MR) is 53.8 cm³/mol. The van der Waals surface area contributed by atoms with Gasteiger partial charge < -0.3 is 5.32 Å². The van der Waals surface area contributed by atoms with Crippen LogP contribution in [-0.4, -0.2) is 18.1 Å². The molecule has 1 aromatic heterocycles. The number of nitriles is 1. The predicted octanol–water partition coefficient (Wildman–Crippen LogP) is 1.50. The van der Waals surface area contributed by atoms with Crippen LogP contribution in [0.25, 0.3) is 0 Å². The lowest BCUT2D eigenvalue weighted by molar-refractivity contribution is 0.109. The molecule has 1 saturated heterocycles. The van der Waals surface area contributed by atoms with Crippen molar-refractivity contribution < 1.29 is 4.39 Å². The Morgan fingerprint density at radius 3 is 2.87 bits per heavy atom. The lowest BCUT2D eigenvalue weighted by atomic mass is 9.88. The third-order valence-electron chi connectivity index (χ3n) is 2.75. The summed E-state index contributed by atoms with van der Waals surface area (Å²) in [5, 5.41) is 12.0. The minimum absolute atomic E-state index is 0.300. The third-order valence-corrected chi connectivity index (χ3v) is 2.75. The number of piperidine rings is 1. The van der Waals surface area contributed by atoms with Crippen molar-refractivity contribution in [2.75, 3.05) is 13.1 Å². The number of nitrogens with one attached hydrogen (secondary N) is 1. The molecule has 0 amide bonds. The van der Waals surface area contributed by atoms with Crippen molar-refractivity contribution in [2.45, 2.75) is 18.5 Å². The molecule has 0 unspecified atom stereocenters. The van der Waals surface area contributed by atoms with Crippen LogP contribution < -0.4 is 5.32 Å². The van der Waals surface area contributed by atoms with Crippen molar-refractivity contribution in [1.29, 1.82) is 5.26 Å². The molecule has 0 aromatic carbocycles. The number of aromatic nitrogens is 1. The number of rotatable bonds is 1. The summed E-state index contributed by atoms with van der Waals surface area (Å²) in [4.78, 5) is 4.02. The van der Waals surface area contributed by atoms with E-state index in [0.717, 1.165) is 0 Å². The first-order valence-electron chi connectivity index (χ1n) is 5.01. The zero-order valence-electron chi connectivity index (χ0n) is 8.33. The second-order valence-electron chi connectivity index (χ2n) is 3.73. The summed E-state index contributed by atoms with van der Waals surface area (Å²) in [5.74, 6) is 0. The summed E-state index contributed by atoms with van der Waals surface area (Å²) in [7, 11) is 0. The molecular weight excluding hydrogens is 193 g/mol. The van der Waals surface area contributed by atoms with E-state index < -0.39 is 5.67 Å². The van der Waals surface area contributed by atoms with Crippen LogP contribution in [0.15, 0.2) is 18.3 Å². The largest absolute Gasteiger partial charge is 0.316 e. The summed E-state index contributed by atoms with van der Waals surface area (Å²) in [6, 6.07) is 5.27. The summed E-state index contributed by atoms with van der Waals surface area (Å²) in [6.45, 7) is 1.27. The highest BCUT2D eigenvalue weighted by Crippen LogP contribution is 2.35. The maximum absolute atomic E-state index is 14.5. The van der Waals surface area contributed by atoms with E-state index in [2.05, 4.69) is 10.3 Å². The number of hydrogen-bond acceptors (Lipinski definition) is 3. The Hall–Kier alpha value is -1.47. The Kier molecular flexibility index (Phi) is 2.65. The first-order chi connectivity index (χ1) is 7.26. The van der Waals surface area contributed by atoms with Gasteiger partial charge in [-0.25, -0.2) is 4.39 Å². The highest BCUT2D eigenvalue weighted by Gasteiger charge is 2.36. The van der Waals surface area contributed by atoms with E-state index in [1.807, 2.05) is 6.07 Å². The number of halogens is 1.